The maximum Gasteiger partial charge on any atom is 0.255 e. The molecule has 0 aliphatic heterocycles. The molecule has 3 aromatic heterocycles. The van der Waals surface area contributed by atoms with Crippen molar-refractivity contribution in [1.29, 1.82) is 0 Å². The summed E-state index contributed by atoms with van der Waals surface area (Å²) in [7, 11) is 1.82. The summed E-state index contributed by atoms with van der Waals surface area (Å²) >= 11 is 0. The lowest BCUT2D eigenvalue weighted by atomic mass is 10.0. The van der Waals surface area contributed by atoms with E-state index in [2.05, 4.69) is 28.9 Å². The number of hydrogen-bond acceptors (Lipinski definition) is 4. The highest BCUT2D eigenvalue weighted by Gasteiger charge is 2.27. The van der Waals surface area contributed by atoms with Gasteiger partial charge in [0.05, 0.1) is 28.9 Å². The summed E-state index contributed by atoms with van der Waals surface area (Å²) in [4.78, 5) is 24.6. The molecular formula is C24H25N5O. The number of carbonyl (C=O) groups excluding carboxylic acids is 1. The van der Waals surface area contributed by atoms with Gasteiger partial charge < -0.3 is 4.90 Å². The van der Waals surface area contributed by atoms with Crippen LogP contribution >= 0.6 is 0 Å². The van der Waals surface area contributed by atoms with Gasteiger partial charge in [0.1, 0.15) is 0 Å². The minimum atomic E-state index is -0.302. The third-order valence-corrected chi connectivity index (χ3v) is 5.21. The van der Waals surface area contributed by atoms with Gasteiger partial charge in [-0.2, -0.15) is 5.10 Å². The van der Waals surface area contributed by atoms with Gasteiger partial charge in [-0.05, 0) is 44.5 Å². The first kappa shape index (κ1) is 19.8. The van der Waals surface area contributed by atoms with Crippen molar-refractivity contribution in [2.75, 3.05) is 7.05 Å². The summed E-state index contributed by atoms with van der Waals surface area (Å²) in [5.41, 5.74) is 3.95. The van der Waals surface area contributed by atoms with Gasteiger partial charge in [-0.15, -0.1) is 0 Å². The lowest BCUT2D eigenvalue weighted by Gasteiger charge is -2.28. The second kappa shape index (κ2) is 8.06. The van der Waals surface area contributed by atoms with Crippen LogP contribution in [-0.4, -0.2) is 37.6 Å². The fourth-order valence-electron chi connectivity index (χ4n) is 3.77. The molecule has 6 nitrogen and oxygen atoms in total. The lowest BCUT2D eigenvalue weighted by Crippen LogP contribution is -2.32. The highest BCUT2D eigenvalue weighted by atomic mass is 16.2. The Hall–Kier alpha value is -3.54. The number of rotatable bonds is 5. The fraction of sp³-hybridized carbons (Fsp3) is 0.250. The maximum absolute atomic E-state index is 13.7. The molecule has 0 aliphatic carbocycles. The smallest absolute Gasteiger partial charge is 0.255 e. The van der Waals surface area contributed by atoms with Gasteiger partial charge in [0.15, 0.2) is 5.65 Å². The van der Waals surface area contributed by atoms with Crippen LogP contribution in [0.4, 0.5) is 0 Å². The normalized spacial score (nSPS) is 12.3. The summed E-state index contributed by atoms with van der Waals surface area (Å²) in [6, 6.07) is 17.4. The summed E-state index contributed by atoms with van der Waals surface area (Å²) in [6.07, 6.45) is 3.49. The SMILES string of the molecule is Cc1cc(C(=O)N(C)[C@H](c2ccccc2)c2ccccn2)c2cnn(C(C)C)c2n1. The number of aromatic nitrogens is 4. The molecular weight excluding hydrogens is 374 g/mol. The standard InChI is InChI=1S/C24H25N5O/c1-16(2)29-23-20(15-26-29)19(14-17(3)27-23)24(30)28(4)22(18-10-6-5-7-11-18)21-12-8-9-13-25-21/h5-16,22H,1-4H3/t22-/m1/s1. The average molecular weight is 399 g/mol. The summed E-state index contributed by atoms with van der Waals surface area (Å²) in [5, 5.41) is 5.23. The average Bonchev–Trinajstić information content (AvgIpc) is 3.18. The van der Waals surface area contributed by atoms with Crippen molar-refractivity contribution < 1.29 is 4.79 Å². The van der Waals surface area contributed by atoms with Crippen molar-refractivity contribution in [3.8, 4) is 0 Å². The highest BCUT2D eigenvalue weighted by molar-refractivity contribution is 6.05. The van der Waals surface area contributed by atoms with E-state index in [4.69, 9.17) is 0 Å². The minimum Gasteiger partial charge on any atom is -0.329 e. The molecule has 152 valence electrons. The number of amides is 1. The van der Waals surface area contributed by atoms with Gasteiger partial charge in [0.2, 0.25) is 0 Å². The molecule has 3 heterocycles. The molecule has 1 atom stereocenters. The largest absolute Gasteiger partial charge is 0.329 e. The summed E-state index contributed by atoms with van der Waals surface area (Å²) < 4.78 is 1.85. The Kier molecular flexibility index (Phi) is 5.31. The van der Waals surface area contributed by atoms with Crippen molar-refractivity contribution in [1.82, 2.24) is 24.6 Å². The Labute approximate surface area is 176 Å². The quantitative estimate of drug-likeness (QED) is 0.493. The van der Waals surface area contributed by atoms with E-state index in [0.29, 0.717) is 5.56 Å². The molecule has 0 fully saturated rings. The van der Waals surface area contributed by atoms with Crippen molar-refractivity contribution in [3.05, 3.63) is 89.5 Å². The van der Waals surface area contributed by atoms with E-state index in [1.54, 1.807) is 17.3 Å². The van der Waals surface area contributed by atoms with Crippen LogP contribution in [0.1, 0.15) is 53.2 Å². The molecule has 30 heavy (non-hydrogen) atoms. The van der Waals surface area contributed by atoms with Gasteiger partial charge in [0.25, 0.3) is 5.91 Å². The van der Waals surface area contributed by atoms with Crippen molar-refractivity contribution >= 4 is 16.9 Å². The van der Waals surface area contributed by atoms with Gasteiger partial charge in [-0.25, -0.2) is 9.67 Å². The zero-order valence-electron chi connectivity index (χ0n) is 17.6. The molecule has 0 N–H and O–H groups in total. The summed E-state index contributed by atoms with van der Waals surface area (Å²) in [5.74, 6) is -0.0895. The monoisotopic (exact) mass is 399 g/mol. The molecule has 0 spiro atoms. The Morgan fingerprint density at radius 2 is 1.80 bits per heavy atom. The number of benzene rings is 1. The Balaban J connectivity index is 1.82. The summed E-state index contributed by atoms with van der Waals surface area (Å²) in [6.45, 7) is 6.01. The fourth-order valence-corrected chi connectivity index (χ4v) is 3.77. The maximum atomic E-state index is 13.7. The number of fused-ring (bicyclic) bond motifs is 1. The number of aryl methyl sites for hydroxylation is 1. The van der Waals surface area contributed by atoms with Crippen LogP contribution in [0.25, 0.3) is 11.0 Å². The predicted octanol–water partition coefficient (Wildman–Crippen LogP) is 4.58. The first-order valence-electron chi connectivity index (χ1n) is 10.0. The Morgan fingerprint density at radius 3 is 2.47 bits per heavy atom. The molecule has 6 heteroatoms. The van der Waals surface area contributed by atoms with Gasteiger partial charge in [-0.1, -0.05) is 36.4 Å². The van der Waals surface area contributed by atoms with Crippen molar-refractivity contribution in [2.45, 2.75) is 32.9 Å². The van der Waals surface area contributed by atoms with Crippen LogP contribution in [0.3, 0.4) is 0 Å². The van der Waals surface area contributed by atoms with Gasteiger partial charge >= 0.3 is 0 Å². The first-order valence-corrected chi connectivity index (χ1v) is 10.0. The van der Waals surface area contributed by atoms with E-state index < -0.39 is 0 Å². The van der Waals surface area contributed by atoms with E-state index in [-0.39, 0.29) is 18.0 Å². The zero-order chi connectivity index (χ0) is 21.3. The third kappa shape index (κ3) is 3.56. The van der Waals surface area contributed by atoms with E-state index in [1.807, 2.05) is 73.3 Å². The Morgan fingerprint density at radius 1 is 1.07 bits per heavy atom. The van der Waals surface area contributed by atoms with Gasteiger partial charge in [-0.3, -0.25) is 9.78 Å². The molecule has 0 bridgehead atoms. The number of pyridine rings is 2. The highest BCUT2D eigenvalue weighted by Crippen LogP contribution is 2.29. The van der Waals surface area contributed by atoms with Crippen LogP contribution in [0.15, 0.2) is 67.0 Å². The molecule has 1 amide bonds. The van der Waals surface area contributed by atoms with E-state index in [9.17, 15) is 4.79 Å². The number of hydrogen-bond donors (Lipinski definition) is 0. The molecule has 0 saturated heterocycles. The van der Waals surface area contributed by atoms with Gasteiger partial charge in [0, 0.05) is 25.0 Å². The van der Waals surface area contributed by atoms with Crippen molar-refractivity contribution in [2.24, 2.45) is 0 Å². The third-order valence-electron chi connectivity index (χ3n) is 5.21. The van der Waals surface area contributed by atoms with Crippen LogP contribution in [-0.2, 0) is 0 Å². The topological polar surface area (TPSA) is 63.9 Å². The molecule has 4 aromatic rings. The molecule has 0 aliphatic rings. The molecule has 1 aromatic carbocycles. The molecule has 0 saturated carbocycles. The minimum absolute atomic E-state index is 0.0895. The zero-order valence-corrected chi connectivity index (χ0v) is 17.6. The van der Waals surface area contributed by atoms with Crippen molar-refractivity contribution in [3.63, 3.8) is 0 Å². The first-order chi connectivity index (χ1) is 14.5. The number of carbonyl (C=O) groups is 1. The second-order valence-electron chi connectivity index (χ2n) is 7.72. The molecule has 4 rings (SSSR count). The second-order valence-corrected chi connectivity index (χ2v) is 7.72. The van der Waals surface area contributed by atoms with E-state index >= 15 is 0 Å². The van der Waals surface area contributed by atoms with Crippen LogP contribution in [0, 0.1) is 6.92 Å². The van der Waals surface area contributed by atoms with Crippen LogP contribution in [0.5, 0.6) is 0 Å². The van der Waals surface area contributed by atoms with E-state index in [0.717, 1.165) is 28.0 Å². The van der Waals surface area contributed by atoms with E-state index in [1.165, 1.54) is 0 Å². The van der Waals surface area contributed by atoms with Crippen LogP contribution < -0.4 is 0 Å². The lowest BCUT2D eigenvalue weighted by molar-refractivity contribution is 0.0754. The molecule has 0 radical (unpaired) electrons. The van der Waals surface area contributed by atoms with Crippen LogP contribution in [0.2, 0.25) is 0 Å². The molecule has 0 unspecified atom stereocenters. The predicted molar refractivity (Wildman–Crippen MR) is 117 cm³/mol. The number of nitrogens with zero attached hydrogens (tertiary/aromatic N) is 5. The Bertz CT molecular complexity index is 1130.